The summed E-state index contributed by atoms with van der Waals surface area (Å²) in [6.07, 6.45) is 2.60. The Kier molecular flexibility index (Phi) is 6.73. The van der Waals surface area contributed by atoms with Crippen molar-refractivity contribution in [3.8, 4) is 28.8 Å². The zero-order valence-corrected chi connectivity index (χ0v) is 22.7. The van der Waals surface area contributed by atoms with Crippen molar-refractivity contribution >= 4 is 34.3 Å². The van der Waals surface area contributed by atoms with Crippen LogP contribution in [-0.2, 0) is 4.79 Å². The number of ether oxygens (including phenoxy) is 2. The van der Waals surface area contributed by atoms with Crippen LogP contribution in [0.2, 0.25) is 0 Å². The summed E-state index contributed by atoms with van der Waals surface area (Å²) in [5, 5.41) is 7.41. The fraction of sp³-hybridized carbons (Fsp3) is 0.167. The number of aryl methyl sites for hydroxylation is 1. The number of hydrogen-bond donors (Lipinski definition) is 3. The van der Waals surface area contributed by atoms with Gasteiger partial charge < -0.3 is 25.5 Å². The normalized spacial score (nSPS) is 15.0. The van der Waals surface area contributed by atoms with Crippen molar-refractivity contribution < 1.29 is 27.8 Å². The van der Waals surface area contributed by atoms with Gasteiger partial charge in [-0.25, -0.2) is 23.2 Å². The quantitative estimate of drug-likeness (QED) is 0.187. The Balaban J connectivity index is 1.23. The lowest BCUT2D eigenvalue weighted by atomic mass is 10.1. The number of carbonyl (C=O) groups excluding carboxylic acids is 2. The van der Waals surface area contributed by atoms with E-state index in [1.807, 2.05) is 13.8 Å². The molecule has 3 amide bonds. The maximum absolute atomic E-state index is 15.0. The number of halogens is 2. The number of imide groups is 1. The Labute approximate surface area is 238 Å². The molecular formula is C30H26F2N6O4. The summed E-state index contributed by atoms with van der Waals surface area (Å²) in [7, 11) is 0. The van der Waals surface area contributed by atoms with E-state index in [-0.39, 0.29) is 28.9 Å². The SMILES string of the molecule is CCCC1NC(=O)N(c2cc3[nH]c(Oc4cnn(-c5ccc(Oc6ccccc6F)cc5C)c4N)cc3cc2F)C1=O. The fourth-order valence-corrected chi connectivity index (χ4v) is 4.90. The molecule has 5 aromatic rings. The van der Waals surface area contributed by atoms with Gasteiger partial charge >= 0.3 is 6.03 Å². The van der Waals surface area contributed by atoms with E-state index in [1.54, 1.807) is 42.5 Å². The number of H-pyrrole nitrogens is 1. The molecule has 3 heterocycles. The second-order valence-electron chi connectivity index (χ2n) is 9.88. The number of anilines is 2. The monoisotopic (exact) mass is 572 g/mol. The minimum atomic E-state index is -0.723. The molecule has 1 aliphatic rings. The molecule has 3 aromatic carbocycles. The van der Waals surface area contributed by atoms with Crippen molar-refractivity contribution in [2.45, 2.75) is 32.7 Å². The maximum atomic E-state index is 15.0. The highest BCUT2D eigenvalue weighted by Gasteiger charge is 2.39. The third kappa shape index (κ3) is 4.76. The zero-order valence-electron chi connectivity index (χ0n) is 22.7. The minimum absolute atomic E-state index is 0.111. The number of para-hydroxylation sites is 1. The van der Waals surface area contributed by atoms with Crippen LogP contribution in [0.15, 0.2) is 66.9 Å². The molecule has 2 aromatic heterocycles. The smallest absolute Gasteiger partial charge is 0.329 e. The topological polar surface area (TPSA) is 128 Å². The molecule has 1 unspecified atom stereocenters. The second kappa shape index (κ2) is 10.5. The van der Waals surface area contributed by atoms with Crippen LogP contribution in [0.1, 0.15) is 25.3 Å². The van der Waals surface area contributed by atoms with E-state index in [1.165, 1.54) is 29.1 Å². The van der Waals surface area contributed by atoms with Gasteiger partial charge in [-0.3, -0.25) is 4.79 Å². The zero-order chi connectivity index (χ0) is 29.5. The molecule has 0 bridgehead atoms. The highest BCUT2D eigenvalue weighted by Crippen LogP contribution is 2.35. The number of urea groups is 1. The number of amides is 3. The Morgan fingerprint density at radius 2 is 1.79 bits per heavy atom. The summed E-state index contributed by atoms with van der Waals surface area (Å²) in [6, 6.07) is 14.1. The largest absolute Gasteiger partial charge is 0.454 e. The van der Waals surface area contributed by atoms with Crippen molar-refractivity contribution in [1.82, 2.24) is 20.1 Å². The van der Waals surface area contributed by atoms with Gasteiger partial charge in [0.05, 0.1) is 23.1 Å². The van der Waals surface area contributed by atoms with Gasteiger partial charge in [0.15, 0.2) is 29.0 Å². The number of fused-ring (bicyclic) bond motifs is 1. The molecule has 1 saturated heterocycles. The molecule has 12 heteroatoms. The van der Waals surface area contributed by atoms with Crippen LogP contribution in [0.5, 0.6) is 23.1 Å². The van der Waals surface area contributed by atoms with Crippen LogP contribution in [0.3, 0.4) is 0 Å². The van der Waals surface area contributed by atoms with E-state index in [0.29, 0.717) is 35.2 Å². The van der Waals surface area contributed by atoms with Gasteiger partial charge in [0.2, 0.25) is 0 Å². The Morgan fingerprint density at radius 1 is 0.976 bits per heavy atom. The first-order valence-electron chi connectivity index (χ1n) is 13.2. The number of nitrogens with one attached hydrogen (secondary N) is 2. The Morgan fingerprint density at radius 3 is 2.55 bits per heavy atom. The first kappa shape index (κ1) is 26.8. The van der Waals surface area contributed by atoms with Crippen molar-refractivity contribution in [2.75, 3.05) is 10.6 Å². The van der Waals surface area contributed by atoms with Gasteiger partial charge in [0.25, 0.3) is 5.91 Å². The molecule has 1 aliphatic heterocycles. The summed E-state index contributed by atoms with van der Waals surface area (Å²) in [5.41, 5.74) is 8.08. The summed E-state index contributed by atoms with van der Waals surface area (Å²) >= 11 is 0. The number of hydrogen-bond acceptors (Lipinski definition) is 6. The fourth-order valence-electron chi connectivity index (χ4n) is 4.90. The number of aromatic nitrogens is 3. The third-order valence-corrected chi connectivity index (χ3v) is 6.95. The molecule has 214 valence electrons. The third-order valence-electron chi connectivity index (χ3n) is 6.95. The molecule has 0 spiro atoms. The van der Waals surface area contributed by atoms with Gasteiger partial charge in [-0.05, 0) is 61.4 Å². The van der Waals surface area contributed by atoms with Crippen LogP contribution < -0.4 is 25.4 Å². The lowest BCUT2D eigenvalue weighted by Gasteiger charge is -2.14. The van der Waals surface area contributed by atoms with Gasteiger partial charge in [0.1, 0.15) is 17.6 Å². The van der Waals surface area contributed by atoms with Gasteiger partial charge in [-0.1, -0.05) is 25.5 Å². The first-order chi connectivity index (χ1) is 20.2. The molecule has 10 nitrogen and oxygen atoms in total. The average molecular weight is 573 g/mol. The van der Waals surface area contributed by atoms with Gasteiger partial charge in [-0.2, -0.15) is 5.10 Å². The predicted molar refractivity (Wildman–Crippen MR) is 152 cm³/mol. The Hall–Kier alpha value is -5.39. The number of carbonyl (C=O) groups is 2. The highest BCUT2D eigenvalue weighted by molar-refractivity contribution is 6.21. The van der Waals surface area contributed by atoms with Gasteiger partial charge in [0, 0.05) is 11.5 Å². The molecule has 1 fully saturated rings. The molecule has 1 atom stereocenters. The standard InChI is InChI=1S/C30H26F2N6O4/c1-3-6-21-29(39)37(30(40)36-21)24-14-22-17(12-20(24)32)13-27(35-22)42-26-15-34-38(28(26)33)23-10-9-18(11-16(23)2)41-25-8-5-4-7-19(25)31/h4-5,7-15,21,35H,3,6,33H2,1-2H3,(H,36,40). The summed E-state index contributed by atoms with van der Waals surface area (Å²) in [5.74, 6) is -0.437. The van der Waals surface area contributed by atoms with Crippen molar-refractivity contribution in [3.05, 3.63) is 84.1 Å². The first-order valence-corrected chi connectivity index (χ1v) is 13.2. The molecule has 4 N–H and O–H groups in total. The highest BCUT2D eigenvalue weighted by atomic mass is 19.1. The van der Waals surface area contributed by atoms with Crippen molar-refractivity contribution in [1.29, 1.82) is 0 Å². The van der Waals surface area contributed by atoms with Crippen LogP contribution in [0, 0.1) is 18.6 Å². The molecule has 0 radical (unpaired) electrons. The summed E-state index contributed by atoms with van der Waals surface area (Å²) < 4.78 is 42.1. The van der Waals surface area contributed by atoms with Gasteiger partial charge in [-0.15, -0.1) is 0 Å². The molecular weight excluding hydrogens is 546 g/mol. The van der Waals surface area contributed by atoms with E-state index in [4.69, 9.17) is 15.2 Å². The van der Waals surface area contributed by atoms with Crippen LogP contribution >= 0.6 is 0 Å². The second-order valence-corrected chi connectivity index (χ2v) is 9.88. The summed E-state index contributed by atoms with van der Waals surface area (Å²) in [4.78, 5) is 29.0. The lowest BCUT2D eigenvalue weighted by molar-refractivity contribution is -0.118. The molecule has 0 saturated carbocycles. The van der Waals surface area contributed by atoms with Crippen LogP contribution in [0.4, 0.5) is 25.1 Å². The van der Waals surface area contributed by atoms with E-state index in [9.17, 15) is 14.0 Å². The Bertz CT molecular complexity index is 1850. The number of nitrogen functional groups attached to an aromatic ring is 1. The molecule has 42 heavy (non-hydrogen) atoms. The lowest BCUT2D eigenvalue weighted by Crippen LogP contribution is -2.32. The van der Waals surface area contributed by atoms with Crippen molar-refractivity contribution in [3.63, 3.8) is 0 Å². The number of nitrogens with two attached hydrogens (primary N) is 1. The molecule has 0 aliphatic carbocycles. The number of benzene rings is 3. The average Bonchev–Trinajstić information content (AvgIpc) is 3.60. The predicted octanol–water partition coefficient (Wildman–Crippen LogP) is 6.33. The van der Waals surface area contributed by atoms with E-state index < -0.39 is 29.6 Å². The van der Waals surface area contributed by atoms with E-state index >= 15 is 4.39 Å². The summed E-state index contributed by atoms with van der Waals surface area (Å²) in [6.45, 7) is 3.73. The van der Waals surface area contributed by atoms with Crippen molar-refractivity contribution in [2.24, 2.45) is 0 Å². The number of nitrogens with zero attached hydrogens (tertiary/aromatic N) is 3. The van der Waals surface area contributed by atoms with Crippen LogP contribution in [0.25, 0.3) is 16.6 Å². The van der Waals surface area contributed by atoms with E-state index in [2.05, 4.69) is 15.4 Å². The van der Waals surface area contributed by atoms with Crippen LogP contribution in [-0.4, -0.2) is 32.7 Å². The minimum Gasteiger partial charge on any atom is -0.454 e. The number of aromatic amines is 1. The molecule has 6 rings (SSSR count). The van der Waals surface area contributed by atoms with E-state index in [0.717, 1.165) is 10.5 Å². The number of rotatable bonds is 8. The maximum Gasteiger partial charge on any atom is 0.329 e.